The summed E-state index contributed by atoms with van der Waals surface area (Å²) in [7, 11) is 0. The minimum Gasteiger partial charge on any atom is -0.265 e. The molecular formula is C5H5NNa2+2. The van der Waals surface area contributed by atoms with E-state index in [2.05, 4.69) is 4.98 Å². The van der Waals surface area contributed by atoms with Gasteiger partial charge in [-0.3, -0.25) is 4.98 Å². The molecule has 1 nitrogen and oxygen atoms in total. The second-order valence-corrected chi connectivity index (χ2v) is 1.02. The zero-order chi connectivity index (χ0) is 4.24. The van der Waals surface area contributed by atoms with Crippen molar-refractivity contribution in [3.8, 4) is 0 Å². The van der Waals surface area contributed by atoms with Gasteiger partial charge in [0.2, 0.25) is 0 Å². The van der Waals surface area contributed by atoms with Gasteiger partial charge in [-0.2, -0.15) is 0 Å². The Kier molecular flexibility index (Phi) is 12.1. The molecule has 0 saturated heterocycles. The van der Waals surface area contributed by atoms with E-state index in [0.29, 0.717) is 0 Å². The molecule has 0 radical (unpaired) electrons. The SMILES string of the molecule is [Na+].[Na+].c1ccncc1. The maximum absolute atomic E-state index is 3.78. The summed E-state index contributed by atoms with van der Waals surface area (Å²) in [5, 5.41) is 0. The van der Waals surface area contributed by atoms with E-state index in [1.165, 1.54) is 0 Å². The maximum Gasteiger partial charge on any atom is 1.00 e. The number of aromatic nitrogens is 1. The van der Waals surface area contributed by atoms with Gasteiger partial charge < -0.3 is 0 Å². The van der Waals surface area contributed by atoms with Crippen LogP contribution in [0.25, 0.3) is 0 Å². The van der Waals surface area contributed by atoms with Gasteiger partial charge in [0.25, 0.3) is 0 Å². The van der Waals surface area contributed by atoms with Crippen LogP contribution in [-0.4, -0.2) is 4.98 Å². The molecule has 8 heavy (non-hydrogen) atoms. The molecule has 0 aromatic carbocycles. The van der Waals surface area contributed by atoms with Crippen LogP contribution in [0.3, 0.4) is 0 Å². The number of pyridine rings is 1. The molecule has 3 heteroatoms. The number of hydrogen-bond acceptors (Lipinski definition) is 1. The van der Waals surface area contributed by atoms with E-state index >= 15 is 0 Å². The zero-order valence-corrected chi connectivity index (χ0v) is 9.33. The molecule has 0 aliphatic rings. The average Bonchev–Trinajstić information content (AvgIpc) is 1.72. The zero-order valence-electron chi connectivity index (χ0n) is 5.33. The molecule has 0 amide bonds. The van der Waals surface area contributed by atoms with Gasteiger partial charge in [-0.15, -0.1) is 0 Å². The van der Waals surface area contributed by atoms with Crippen LogP contribution < -0.4 is 59.1 Å². The molecule has 0 fully saturated rings. The summed E-state index contributed by atoms with van der Waals surface area (Å²) in [5.74, 6) is 0. The predicted molar refractivity (Wildman–Crippen MR) is 24.2 cm³/mol. The van der Waals surface area contributed by atoms with Gasteiger partial charge in [0.05, 0.1) is 0 Å². The first-order chi connectivity index (χ1) is 3.00. The first kappa shape index (κ1) is 11.9. The quantitative estimate of drug-likeness (QED) is 0.317. The fourth-order valence-electron chi connectivity index (χ4n) is 0.313. The molecule has 0 bridgehead atoms. The molecule has 1 heterocycles. The Balaban J connectivity index is 0. The topological polar surface area (TPSA) is 12.9 Å². The maximum atomic E-state index is 3.78. The van der Waals surface area contributed by atoms with Crippen LogP contribution in [0.15, 0.2) is 30.6 Å². The van der Waals surface area contributed by atoms with Crippen molar-refractivity contribution in [1.82, 2.24) is 4.98 Å². The molecule has 0 aliphatic heterocycles. The fourth-order valence-corrected chi connectivity index (χ4v) is 0.313. The fraction of sp³-hybridized carbons (Fsp3) is 0. The van der Waals surface area contributed by atoms with E-state index in [4.69, 9.17) is 0 Å². The Bertz CT molecular complexity index is 82.4. The van der Waals surface area contributed by atoms with E-state index < -0.39 is 0 Å². The van der Waals surface area contributed by atoms with Crippen LogP contribution in [0.4, 0.5) is 0 Å². The van der Waals surface area contributed by atoms with Crippen LogP contribution in [0, 0.1) is 0 Å². The number of nitrogens with zero attached hydrogens (tertiary/aromatic N) is 1. The molecular weight excluding hydrogens is 120 g/mol. The normalized spacial score (nSPS) is 6.00. The van der Waals surface area contributed by atoms with Crippen LogP contribution in [0.5, 0.6) is 0 Å². The monoisotopic (exact) mass is 125 g/mol. The minimum atomic E-state index is 0. The van der Waals surface area contributed by atoms with Gasteiger partial charge in [0.1, 0.15) is 0 Å². The summed E-state index contributed by atoms with van der Waals surface area (Å²) in [4.78, 5) is 3.78. The first-order valence-electron chi connectivity index (χ1n) is 1.85. The van der Waals surface area contributed by atoms with E-state index in [1.54, 1.807) is 12.4 Å². The Morgan fingerprint density at radius 3 is 1.38 bits per heavy atom. The molecule has 0 spiro atoms. The smallest absolute Gasteiger partial charge is 0.265 e. The minimum absolute atomic E-state index is 0. The Hall–Kier alpha value is 1.15. The summed E-state index contributed by atoms with van der Waals surface area (Å²) in [6.07, 6.45) is 3.50. The standard InChI is InChI=1S/C5H5N.2Na/c1-2-4-6-5-3-1;;/h1-5H;;/q;2*+1. The molecule has 1 aromatic rings. The van der Waals surface area contributed by atoms with Crippen LogP contribution in [0.1, 0.15) is 0 Å². The van der Waals surface area contributed by atoms with E-state index in [0.717, 1.165) is 0 Å². The third kappa shape index (κ3) is 5.29. The van der Waals surface area contributed by atoms with Gasteiger partial charge in [0.15, 0.2) is 0 Å². The van der Waals surface area contributed by atoms with Crippen LogP contribution >= 0.6 is 0 Å². The van der Waals surface area contributed by atoms with Crippen molar-refractivity contribution in [2.45, 2.75) is 0 Å². The second kappa shape index (κ2) is 8.15. The van der Waals surface area contributed by atoms with Crippen molar-refractivity contribution in [2.24, 2.45) is 0 Å². The van der Waals surface area contributed by atoms with E-state index in [1.807, 2.05) is 18.2 Å². The van der Waals surface area contributed by atoms with Crippen molar-refractivity contribution >= 4 is 0 Å². The molecule has 0 N–H and O–H groups in total. The molecule has 1 rings (SSSR count). The van der Waals surface area contributed by atoms with Crippen molar-refractivity contribution < 1.29 is 59.1 Å². The van der Waals surface area contributed by atoms with Crippen LogP contribution in [-0.2, 0) is 0 Å². The molecule has 0 unspecified atom stereocenters. The second-order valence-electron chi connectivity index (χ2n) is 1.02. The van der Waals surface area contributed by atoms with Crippen molar-refractivity contribution in [3.63, 3.8) is 0 Å². The van der Waals surface area contributed by atoms with Crippen molar-refractivity contribution in [3.05, 3.63) is 30.6 Å². The van der Waals surface area contributed by atoms with Crippen LogP contribution in [0.2, 0.25) is 0 Å². The first-order valence-corrected chi connectivity index (χ1v) is 1.85. The number of hydrogen-bond donors (Lipinski definition) is 0. The molecule has 0 aliphatic carbocycles. The summed E-state index contributed by atoms with van der Waals surface area (Å²) in [6.45, 7) is 0. The largest absolute Gasteiger partial charge is 1.00 e. The average molecular weight is 125 g/mol. The van der Waals surface area contributed by atoms with E-state index in [9.17, 15) is 0 Å². The molecule has 1 aromatic heterocycles. The summed E-state index contributed by atoms with van der Waals surface area (Å²) >= 11 is 0. The van der Waals surface area contributed by atoms with Crippen molar-refractivity contribution in [2.75, 3.05) is 0 Å². The summed E-state index contributed by atoms with van der Waals surface area (Å²) in [5.41, 5.74) is 0. The third-order valence-electron chi connectivity index (χ3n) is 0.566. The molecule has 0 saturated carbocycles. The van der Waals surface area contributed by atoms with Gasteiger partial charge in [0, 0.05) is 12.4 Å². The molecule has 30 valence electrons. The van der Waals surface area contributed by atoms with Crippen molar-refractivity contribution in [1.29, 1.82) is 0 Å². The van der Waals surface area contributed by atoms with Gasteiger partial charge >= 0.3 is 59.1 Å². The predicted octanol–water partition coefficient (Wildman–Crippen LogP) is -4.91. The molecule has 0 atom stereocenters. The Morgan fingerprint density at radius 2 is 1.25 bits per heavy atom. The summed E-state index contributed by atoms with van der Waals surface area (Å²) in [6, 6.07) is 5.72. The van der Waals surface area contributed by atoms with E-state index in [-0.39, 0.29) is 59.1 Å². The van der Waals surface area contributed by atoms with Gasteiger partial charge in [-0.05, 0) is 12.1 Å². The van der Waals surface area contributed by atoms with Gasteiger partial charge in [-0.25, -0.2) is 0 Å². The third-order valence-corrected chi connectivity index (χ3v) is 0.566. The Labute approximate surface area is 93.5 Å². The Morgan fingerprint density at radius 1 is 0.750 bits per heavy atom. The number of rotatable bonds is 0. The summed E-state index contributed by atoms with van der Waals surface area (Å²) < 4.78 is 0. The van der Waals surface area contributed by atoms with Gasteiger partial charge in [-0.1, -0.05) is 6.07 Å².